The van der Waals surface area contributed by atoms with E-state index < -0.39 is 0 Å². The summed E-state index contributed by atoms with van der Waals surface area (Å²) < 4.78 is 0. The number of hydrogen-bond acceptors (Lipinski definition) is 3. The third-order valence-corrected chi connectivity index (χ3v) is 5.43. The molecule has 0 radical (unpaired) electrons. The molecule has 31 heavy (non-hydrogen) atoms. The number of rotatable bonds is 8. The van der Waals surface area contributed by atoms with E-state index in [4.69, 9.17) is 0 Å². The van der Waals surface area contributed by atoms with Crippen molar-refractivity contribution < 1.29 is 9.90 Å². The summed E-state index contributed by atoms with van der Waals surface area (Å²) in [4.78, 5) is 12.7. The van der Waals surface area contributed by atoms with Crippen molar-refractivity contribution >= 4 is 11.6 Å². The van der Waals surface area contributed by atoms with Crippen molar-refractivity contribution in [3.63, 3.8) is 0 Å². The Morgan fingerprint density at radius 1 is 0.839 bits per heavy atom. The molecule has 0 fully saturated rings. The summed E-state index contributed by atoms with van der Waals surface area (Å²) in [7, 11) is 0. The highest BCUT2D eigenvalue weighted by Gasteiger charge is 2.16. The van der Waals surface area contributed by atoms with Gasteiger partial charge < -0.3 is 15.7 Å². The molecular formula is C27H32N2O2. The van der Waals surface area contributed by atoms with Crippen LogP contribution in [0.4, 0.5) is 5.69 Å². The maximum absolute atomic E-state index is 12.7. The molecule has 0 bridgehead atoms. The predicted molar refractivity (Wildman–Crippen MR) is 128 cm³/mol. The van der Waals surface area contributed by atoms with Crippen LogP contribution in [-0.2, 0) is 11.3 Å². The Kier molecular flexibility index (Phi) is 7.48. The standard InChI is InChI=1S/C27H32N2O2/c1-18(2)23-10-7-11-24(19(3)4)27(23)29-26(31)17-28-16-21-8-5-6-9-25(21)20-12-14-22(30)15-13-20/h5-15,18-19,28,30H,16-17H2,1-4H3,(H,29,31). The van der Waals surface area contributed by atoms with E-state index in [1.165, 1.54) is 0 Å². The number of phenols is 1. The van der Waals surface area contributed by atoms with Gasteiger partial charge in [0.2, 0.25) is 5.91 Å². The molecule has 1 amide bonds. The van der Waals surface area contributed by atoms with Crippen LogP contribution in [0, 0.1) is 0 Å². The molecule has 0 heterocycles. The van der Waals surface area contributed by atoms with E-state index in [-0.39, 0.29) is 18.2 Å². The Labute approximate surface area is 185 Å². The monoisotopic (exact) mass is 416 g/mol. The van der Waals surface area contributed by atoms with E-state index in [9.17, 15) is 9.90 Å². The van der Waals surface area contributed by atoms with Crippen LogP contribution in [0.2, 0.25) is 0 Å². The average Bonchev–Trinajstić information content (AvgIpc) is 2.74. The third kappa shape index (κ3) is 5.74. The van der Waals surface area contributed by atoms with Gasteiger partial charge in [0, 0.05) is 12.2 Å². The van der Waals surface area contributed by atoms with Crippen molar-refractivity contribution in [1.82, 2.24) is 5.32 Å². The van der Waals surface area contributed by atoms with E-state index in [1.807, 2.05) is 24.3 Å². The number of anilines is 1. The molecule has 0 atom stereocenters. The van der Waals surface area contributed by atoms with Crippen LogP contribution in [-0.4, -0.2) is 17.6 Å². The highest BCUT2D eigenvalue weighted by molar-refractivity contribution is 5.94. The molecule has 3 rings (SSSR count). The van der Waals surface area contributed by atoms with Crippen molar-refractivity contribution in [3.05, 3.63) is 83.4 Å². The lowest BCUT2D eigenvalue weighted by Crippen LogP contribution is -2.28. The minimum Gasteiger partial charge on any atom is -0.508 e. The Hall–Kier alpha value is -3.11. The number of phenolic OH excluding ortho intramolecular Hbond substituents is 1. The first kappa shape index (κ1) is 22.6. The number of aromatic hydroxyl groups is 1. The summed E-state index contributed by atoms with van der Waals surface area (Å²) in [5.74, 6) is 0.869. The maximum atomic E-state index is 12.7. The summed E-state index contributed by atoms with van der Waals surface area (Å²) in [6.45, 7) is 9.39. The Bertz CT molecular complexity index is 997. The molecule has 0 aliphatic rings. The fourth-order valence-corrected chi connectivity index (χ4v) is 3.79. The summed E-state index contributed by atoms with van der Waals surface area (Å²) >= 11 is 0. The van der Waals surface area contributed by atoms with Gasteiger partial charge in [0.1, 0.15) is 5.75 Å². The molecule has 162 valence electrons. The van der Waals surface area contributed by atoms with Crippen molar-refractivity contribution in [2.45, 2.75) is 46.1 Å². The van der Waals surface area contributed by atoms with E-state index in [0.717, 1.165) is 33.5 Å². The smallest absolute Gasteiger partial charge is 0.238 e. The molecule has 3 N–H and O–H groups in total. The van der Waals surface area contributed by atoms with E-state index >= 15 is 0 Å². The van der Waals surface area contributed by atoms with Gasteiger partial charge in [-0.1, -0.05) is 82.3 Å². The predicted octanol–water partition coefficient (Wildman–Crippen LogP) is 6.03. The molecule has 3 aromatic carbocycles. The normalized spacial score (nSPS) is 11.2. The van der Waals surface area contributed by atoms with Gasteiger partial charge in [-0.2, -0.15) is 0 Å². The van der Waals surface area contributed by atoms with Crippen LogP contribution < -0.4 is 10.6 Å². The minimum absolute atomic E-state index is 0.0443. The first-order valence-electron chi connectivity index (χ1n) is 10.9. The van der Waals surface area contributed by atoms with E-state index in [1.54, 1.807) is 12.1 Å². The molecule has 0 spiro atoms. The summed E-state index contributed by atoms with van der Waals surface area (Å²) in [6, 6.07) is 21.5. The molecule has 0 saturated heterocycles. The highest BCUT2D eigenvalue weighted by Crippen LogP contribution is 2.32. The topological polar surface area (TPSA) is 61.4 Å². The van der Waals surface area contributed by atoms with Gasteiger partial charge in [0.05, 0.1) is 6.54 Å². The SMILES string of the molecule is CC(C)c1cccc(C(C)C)c1NC(=O)CNCc1ccccc1-c1ccc(O)cc1. The molecule has 3 aromatic rings. The molecule has 0 aliphatic carbocycles. The summed E-state index contributed by atoms with van der Waals surface area (Å²) in [5.41, 5.74) is 6.50. The molecule has 0 saturated carbocycles. The van der Waals surface area contributed by atoms with Gasteiger partial charge in [-0.25, -0.2) is 0 Å². The second kappa shape index (κ2) is 10.3. The van der Waals surface area contributed by atoms with E-state index in [2.05, 4.69) is 68.7 Å². The number of para-hydroxylation sites is 1. The van der Waals surface area contributed by atoms with Crippen LogP contribution in [0.1, 0.15) is 56.2 Å². The summed E-state index contributed by atoms with van der Waals surface area (Å²) in [6.07, 6.45) is 0. The number of nitrogens with one attached hydrogen (secondary N) is 2. The zero-order valence-electron chi connectivity index (χ0n) is 18.8. The lowest BCUT2D eigenvalue weighted by Gasteiger charge is -2.20. The average molecular weight is 417 g/mol. The van der Waals surface area contributed by atoms with Gasteiger partial charge in [0.25, 0.3) is 0 Å². The quantitative estimate of drug-likeness (QED) is 0.420. The van der Waals surface area contributed by atoms with Gasteiger partial charge in [-0.3, -0.25) is 4.79 Å². The lowest BCUT2D eigenvalue weighted by atomic mass is 9.92. The molecule has 4 heteroatoms. The second-order valence-electron chi connectivity index (χ2n) is 8.48. The third-order valence-electron chi connectivity index (χ3n) is 5.43. The van der Waals surface area contributed by atoms with Crippen molar-refractivity contribution in [2.24, 2.45) is 0 Å². The number of amides is 1. The number of carbonyl (C=O) groups is 1. The molecule has 0 unspecified atom stereocenters. The van der Waals surface area contributed by atoms with Crippen LogP contribution in [0.15, 0.2) is 66.7 Å². The van der Waals surface area contributed by atoms with E-state index in [0.29, 0.717) is 18.4 Å². The van der Waals surface area contributed by atoms with Crippen LogP contribution >= 0.6 is 0 Å². The van der Waals surface area contributed by atoms with Gasteiger partial charge in [-0.05, 0) is 51.8 Å². The zero-order chi connectivity index (χ0) is 22.4. The fourth-order valence-electron chi connectivity index (χ4n) is 3.79. The zero-order valence-corrected chi connectivity index (χ0v) is 18.8. The number of hydrogen-bond donors (Lipinski definition) is 3. The first-order chi connectivity index (χ1) is 14.9. The fraction of sp³-hybridized carbons (Fsp3) is 0.296. The number of carbonyl (C=O) groups excluding carboxylic acids is 1. The first-order valence-corrected chi connectivity index (χ1v) is 10.9. The van der Waals surface area contributed by atoms with Crippen LogP contribution in [0.3, 0.4) is 0 Å². The maximum Gasteiger partial charge on any atom is 0.238 e. The Morgan fingerprint density at radius 3 is 2.06 bits per heavy atom. The van der Waals surface area contributed by atoms with Gasteiger partial charge in [0.15, 0.2) is 0 Å². The van der Waals surface area contributed by atoms with Crippen LogP contribution in [0.5, 0.6) is 5.75 Å². The summed E-state index contributed by atoms with van der Waals surface area (Å²) in [5, 5.41) is 16.0. The molecule has 0 aromatic heterocycles. The highest BCUT2D eigenvalue weighted by atomic mass is 16.3. The lowest BCUT2D eigenvalue weighted by molar-refractivity contribution is -0.115. The van der Waals surface area contributed by atoms with Crippen molar-refractivity contribution in [3.8, 4) is 16.9 Å². The van der Waals surface area contributed by atoms with Crippen LogP contribution in [0.25, 0.3) is 11.1 Å². The largest absolute Gasteiger partial charge is 0.508 e. The molecule has 0 aliphatic heterocycles. The number of benzene rings is 3. The minimum atomic E-state index is -0.0443. The van der Waals surface area contributed by atoms with Crippen molar-refractivity contribution in [2.75, 3.05) is 11.9 Å². The molecular weight excluding hydrogens is 384 g/mol. The Balaban J connectivity index is 1.68. The second-order valence-corrected chi connectivity index (χ2v) is 8.48. The van der Waals surface area contributed by atoms with Gasteiger partial charge in [-0.15, -0.1) is 0 Å². The molecule has 4 nitrogen and oxygen atoms in total. The van der Waals surface area contributed by atoms with Gasteiger partial charge >= 0.3 is 0 Å². The van der Waals surface area contributed by atoms with Crippen molar-refractivity contribution in [1.29, 1.82) is 0 Å². The Morgan fingerprint density at radius 2 is 1.45 bits per heavy atom.